The molecule has 0 fully saturated rings. The van der Waals surface area contributed by atoms with E-state index in [9.17, 15) is 9.59 Å². The minimum atomic E-state index is -0.709. The van der Waals surface area contributed by atoms with Crippen LogP contribution < -0.4 is 29.6 Å². The predicted octanol–water partition coefficient (Wildman–Crippen LogP) is 3.98. The number of nitrogens with zero attached hydrogens (tertiary/aromatic N) is 2. The molecule has 0 radical (unpaired) electrons. The second-order valence-corrected chi connectivity index (χ2v) is 11.3. The number of carbonyl (C=O) groups excluding carboxylic acids is 2. The van der Waals surface area contributed by atoms with Gasteiger partial charge in [0.2, 0.25) is 17.7 Å². The zero-order chi connectivity index (χ0) is 31.2. The molecule has 234 valence electrons. The summed E-state index contributed by atoms with van der Waals surface area (Å²) in [5, 5.41) is 5.88. The van der Waals surface area contributed by atoms with E-state index in [1.54, 1.807) is 21.1 Å². The molecule has 0 unspecified atom stereocenters. The Morgan fingerprint density at radius 3 is 2.68 bits per heavy atom. The lowest BCUT2D eigenvalue weighted by molar-refractivity contribution is -0.130. The predicted molar refractivity (Wildman–Crippen MR) is 165 cm³/mol. The third-order valence-electron chi connectivity index (χ3n) is 7.66. The van der Waals surface area contributed by atoms with Gasteiger partial charge in [0.25, 0.3) is 0 Å². The van der Waals surface area contributed by atoms with Crippen LogP contribution in [0.2, 0.25) is 0 Å². The SMILES string of the molecule is COc1ccc2c(c1)C=C(CN1CCCOc3cc(ccc3OC)-c3nc(c(C)o3)CNC(=O)[C@H](C(C)C)NC(=O)C1)CO2. The number of fused-ring (bicyclic) bond motifs is 6. The molecular formula is C33H40N4O7. The van der Waals surface area contributed by atoms with Crippen molar-refractivity contribution in [3.63, 3.8) is 0 Å². The van der Waals surface area contributed by atoms with E-state index < -0.39 is 6.04 Å². The fourth-order valence-electron chi connectivity index (χ4n) is 5.27. The number of nitrogens with one attached hydrogen (secondary N) is 2. The number of hydrogen-bond acceptors (Lipinski definition) is 9. The maximum atomic E-state index is 13.4. The summed E-state index contributed by atoms with van der Waals surface area (Å²) in [6.45, 7) is 7.76. The maximum Gasteiger partial charge on any atom is 0.243 e. The summed E-state index contributed by atoms with van der Waals surface area (Å²) in [6, 6.07) is 10.5. The Bertz CT molecular complexity index is 1530. The van der Waals surface area contributed by atoms with E-state index in [2.05, 4.69) is 21.7 Å². The van der Waals surface area contributed by atoms with Crippen molar-refractivity contribution in [2.45, 2.75) is 39.8 Å². The van der Waals surface area contributed by atoms with Crippen LogP contribution in [0.3, 0.4) is 0 Å². The monoisotopic (exact) mass is 604 g/mol. The van der Waals surface area contributed by atoms with Crippen LogP contribution in [0.5, 0.6) is 23.0 Å². The lowest BCUT2D eigenvalue weighted by Crippen LogP contribution is -2.52. The average Bonchev–Trinajstić information content (AvgIpc) is 3.39. The summed E-state index contributed by atoms with van der Waals surface area (Å²) in [4.78, 5) is 33.3. The second kappa shape index (κ2) is 13.9. The molecule has 1 atom stereocenters. The Balaban J connectivity index is 1.40. The van der Waals surface area contributed by atoms with Gasteiger partial charge in [-0.3, -0.25) is 14.5 Å². The Kier molecular flexibility index (Phi) is 9.74. The molecule has 2 amide bonds. The van der Waals surface area contributed by atoms with Gasteiger partial charge < -0.3 is 34.0 Å². The van der Waals surface area contributed by atoms with Gasteiger partial charge in [-0.2, -0.15) is 0 Å². The number of ether oxygens (including phenoxy) is 4. The Labute approximate surface area is 257 Å². The first kappa shape index (κ1) is 30.9. The number of oxazole rings is 1. The number of benzene rings is 2. The molecule has 4 bridgehead atoms. The van der Waals surface area contributed by atoms with Crippen molar-refractivity contribution < 1.29 is 33.0 Å². The zero-order valence-corrected chi connectivity index (χ0v) is 25.9. The summed E-state index contributed by atoms with van der Waals surface area (Å²) in [5.41, 5.74) is 3.29. The van der Waals surface area contributed by atoms with Gasteiger partial charge >= 0.3 is 0 Å². The van der Waals surface area contributed by atoms with Crippen LogP contribution in [-0.4, -0.2) is 74.8 Å². The number of hydrogen-bond donors (Lipinski definition) is 2. The number of amides is 2. The standard InChI is InChI=1S/C33H40N4O7/c1-20(2)31-32(39)34-16-26-21(3)44-33(35-26)23-7-9-28(41-5)29(15-23)42-12-6-11-37(18-30(38)36-31)17-22-13-24-14-25(40-4)8-10-27(24)43-19-22/h7-10,13-15,20,31H,6,11-12,16-19H2,1-5H3,(H,34,39)(H,36,38)/t31-/m0/s1. The van der Waals surface area contributed by atoms with Gasteiger partial charge in [0.15, 0.2) is 11.5 Å². The van der Waals surface area contributed by atoms with Crippen LogP contribution in [0, 0.1) is 12.8 Å². The Hall–Kier alpha value is -4.51. The quantitative estimate of drug-likeness (QED) is 0.445. The molecule has 2 N–H and O–H groups in total. The summed E-state index contributed by atoms with van der Waals surface area (Å²) in [7, 11) is 3.22. The van der Waals surface area contributed by atoms with Gasteiger partial charge in [-0.05, 0) is 67.3 Å². The lowest BCUT2D eigenvalue weighted by Gasteiger charge is -2.27. The number of carbonyl (C=O) groups is 2. The lowest BCUT2D eigenvalue weighted by atomic mass is 10.0. The van der Waals surface area contributed by atoms with Crippen LogP contribution in [0.15, 0.2) is 46.4 Å². The van der Waals surface area contributed by atoms with E-state index in [1.807, 2.05) is 55.1 Å². The molecular weight excluding hydrogens is 564 g/mol. The molecule has 2 aliphatic heterocycles. The summed E-state index contributed by atoms with van der Waals surface area (Å²) < 4.78 is 29.0. The minimum absolute atomic E-state index is 0.101. The van der Waals surface area contributed by atoms with Gasteiger partial charge in [-0.25, -0.2) is 4.98 Å². The highest BCUT2D eigenvalue weighted by Crippen LogP contribution is 2.33. The normalized spacial score (nSPS) is 18.0. The van der Waals surface area contributed by atoms with Crippen molar-refractivity contribution >= 4 is 17.9 Å². The van der Waals surface area contributed by atoms with Crippen molar-refractivity contribution in [2.75, 3.05) is 47.1 Å². The molecule has 11 heteroatoms. The van der Waals surface area contributed by atoms with E-state index in [0.717, 1.165) is 28.2 Å². The van der Waals surface area contributed by atoms with Gasteiger partial charge in [0.1, 0.15) is 35.6 Å². The molecule has 11 nitrogen and oxygen atoms in total. The number of aryl methyl sites for hydroxylation is 1. The van der Waals surface area contributed by atoms with Gasteiger partial charge in [-0.1, -0.05) is 13.8 Å². The molecule has 0 saturated heterocycles. The largest absolute Gasteiger partial charge is 0.497 e. The number of methoxy groups -OCH3 is 2. The molecule has 2 aliphatic rings. The third-order valence-corrected chi connectivity index (χ3v) is 7.66. The second-order valence-electron chi connectivity index (χ2n) is 11.3. The van der Waals surface area contributed by atoms with E-state index >= 15 is 0 Å². The molecule has 3 aromatic rings. The van der Waals surface area contributed by atoms with Crippen LogP contribution in [-0.2, 0) is 16.1 Å². The van der Waals surface area contributed by atoms with Gasteiger partial charge in [-0.15, -0.1) is 0 Å². The van der Waals surface area contributed by atoms with Gasteiger partial charge in [0, 0.05) is 24.2 Å². The van der Waals surface area contributed by atoms with Crippen LogP contribution in [0.4, 0.5) is 0 Å². The highest BCUT2D eigenvalue weighted by atomic mass is 16.5. The molecule has 44 heavy (non-hydrogen) atoms. The smallest absolute Gasteiger partial charge is 0.243 e. The van der Waals surface area contributed by atoms with E-state index in [0.29, 0.717) is 61.6 Å². The Morgan fingerprint density at radius 1 is 1.07 bits per heavy atom. The fraction of sp³-hybridized carbons (Fsp3) is 0.424. The van der Waals surface area contributed by atoms with Crippen molar-refractivity contribution in [3.05, 3.63) is 59.0 Å². The topological polar surface area (TPSA) is 124 Å². The van der Waals surface area contributed by atoms with Crippen LogP contribution in [0.1, 0.15) is 37.3 Å². The Morgan fingerprint density at radius 2 is 1.91 bits per heavy atom. The summed E-state index contributed by atoms with van der Waals surface area (Å²) in [6.07, 6.45) is 2.72. The number of aromatic nitrogens is 1. The molecule has 0 saturated carbocycles. The van der Waals surface area contributed by atoms with Crippen molar-refractivity contribution in [3.8, 4) is 34.5 Å². The average molecular weight is 605 g/mol. The molecule has 3 heterocycles. The van der Waals surface area contributed by atoms with Crippen molar-refractivity contribution in [1.82, 2.24) is 20.5 Å². The van der Waals surface area contributed by atoms with Crippen LogP contribution >= 0.6 is 0 Å². The summed E-state index contributed by atoms with van der Waals surface area (Å²) in [5.74, 6) is 3.06. The van der Waals surface area contributed by atoms with E-state index in [-0.39, 0.29) is 30.8 Å². The molecule has 1 aromatic heterocycles. The first-order valence-electron chi connectivity index (χ1n) is 14.8. The first-order chi connectivity index (χ1) is 21.2. The van der Waals surface area contributed by atoms with Crippen LogP contribution in [0.25, 0.3) is 17.5 Å². The maximum absolute atomic E-state index is 13.4. The molecule has 5 rings (SSSR count). The van der Waals surface area contributed by atoms with Crippen molar-refractivity contribution in [1.29, 1.82) is 0 Å². The van der Waals surface area contributed by atoms with Gasteiger partial charge in [0.05, 0.1) is 33.9 Å². The summed E-state index contributed by atoms with van der Waals surface area (Å²) >= 11 is 0. The van der Waals surface area contributed by atoms with Crippen molar-refractivity contribution in [2.24, 2.45) is 5.92 Å². The number of rotatable bonds is 5. The fourth-order valence-corrected chi connectivity index (χ4v) is 5.27. The minimum Gasteiger partial charge on any atom is -0.497 e. The molecule has 0 aliphatic carbocycles. The highest BCUT2D eigenvalue weighted by Gasteiger charge is 2.26. The van der Waals surface area contributed by atoms with E-state index in [4.69, 9.17) is 23.4 Å². The zero-order valence-electron chi connectivity index (χ0n) is 25.9. The highest BCUT2D eigenvalue weighted by molar-refractivity contribution is 5.88. The third kappa shape index (κ3) is 7.34. The van der Waals surface area contributed by atoms with E-state index in [1.165, 1.54) is 0 Å². The molecule has 0 spiro atoms. The first-order valence-corrected chi connectivity index (χ1v) is 14.8. The molecule has 2 aromatic carbocycles.